The molecule has 0 saturated heterocycles. The number of hydrogen-bond acceptors (Lipinski definition) is 2. The smallest absolute Gasteiger partial charge is 0.0797 e. The molecule has 2 aliphatic rings. The third kappa shape index (κ3) is 3.05. The molecule has 0 radical (unpaired) electrons. The van der Waals surface area contributed by atoms with E-state index in [0.717, 1.165) is 32.1 Å². The summed E-state index contributed by atoms with van der Waals surface area (Å²) in [5.74, 6) is 1.01. The first-order valence-electron chi connectivity index (χ1n) is 8.83. The van der Waals surface area contributed by atoms with Crippen LogP contribution in [-0.2, 0) is 0 Å². The lowest BCUT2D eigenvalue weighted by molar-refractivity contribution is -0.0885. The Balaban J connectivity index is 2.24. The summed E-state index contributed by atoms with van der Waals surface area (Å²) in [5.41, 5.74) is 0.814. The zero-order valence-electron chi connectivity index (χ0n) is 14.7. The highest BCUT2D eigenvalue weighted by atomic mass is 16.3. The fraction of sp³-hybridized carbons (Fsp3) is 0.800. The molecule has 0 heterocycles. The average molecular weight is 306 g/mol. The highest BCUT2D eigenvalue weighted by Gasteiger charge is 2.54. The van der Waals surface area contributed by atoms with Crippen LogP contribution in [0.15, 0.2) is 24.8 Å². The van der Waals surface area contributed by atoms with E-state index >= 15 is 0 Å². The van der Waals surface area contributed by atoms with Crippen molar-refractivity contribution in [3.63, 3.8) is 0 Å². The maximum atomic E-state index is 10.3. The first kappa shape index (κ1) is 17.7. The minimum Gasteiger partial charge on any atom is -0.396 e. The molecular weight excluding hydrogens is 272 g/mol. The molecule has 5 atom stereocenters. The van der Waals surface area contributed by atoms with Gasteiger partial charge in [0.05, 0.1) is 5.60 Å². The van der Waals surface area contributed by atoms with Gasteiger partial charge >= 0.3 is 0 Å². The van der Waals surface area contributed by atoms with Crippen LogP contribution in [0.2, 0.25) is 0 Å². The Morgan fingerprint density at radius 3 is 2.64 bits per heavy atom. The van der Waals surface area contributed by atoms with Crippen molar-refractivity contribution in [2.24, 2.45) is 22.7 Å². The summed E-state index contributed by atoms with van der Waals surface area (Å²) < 4.78 is 0. The van der Waals surface area contributed by atoms with Crippen molar-refractivity contribution in [1.29, 1.82) is 0 Å². The molecule has 2 fully saturated rings. The summed E-state index contributed by atoms with van der Waals surface area (Å²) in [6.45, 7) is 14.9. The van der Waals surface area contributed by atoms with Gasteiger partial charge in [-0.05, 0) is 68.1 Å². The molecule has 0 aromatic heterocycles. The van der Waals surface area contributed by atoms with Crippen molar-refractivity contribution >= 4 is 0 Å². The van der Waals surface area contributed by atoms with Gasteiger partial charge in [-0.1, -0.05) is 38.5 Å². The van der Waals surface area contributed by atoms with Gasteiger partial charge in [-0.15, -0.1) is 6.58 Å². The summed E-state index contributed by atoms with van der Waals surface area (Å²) in [5, 5.41) is 20.3. The third-order valence-corrected chi connectivity index (χ3v) is 6.88. The van der Waals surface area contributed by atoms with Crippen LogP contribution >= 0.6 is 0 Å². The zero-order chi connectivity index (χ0) is 16.6. The molecule has 0 bridgehead atoms. The van der Waals surface area contributed by atoms with E-state index in [0.29, 0.717) is 11.8 Å². The van der Waals surface area contributed by atoms with E-state index in [4.69, 9.17) is 0 Å². The van der Waals surface area contributed by atoms with Gasteiger partial charge in [0.2, 0.25) is 0 Å². The first-order valence-corrected chi connectivity index (χ1v) is 8.83. The molecule has 2 rings (SSSR count). The van der Waals surface area contributed by atoms with Gasteiger partial charge in [0, 0.05) is 6.61 Å². The second-order valence-electron chi connectivity index (χ2n) is 8.57. The van der Waals surface area contributed by atoms with Crippen molar-refractivity contribution in [2.75, 3.05) is 6.61 Å². The van der Waals surface area contributed by atoms with Gasteiger partial charge in [-0.25, -0.2) is 0 Å². The molecule has 0 amide bonds. The maximum Gasteiger partial charge on any atom is 0.0797 e. The Labute approximate surface area is 136 Å². The van der Waals surface area contributed by atoms with Crippen LogP contribution in [0.4, 0.5) is 0 Å². The summed E-state index contributed by atoms with van der Waals surface area (Å²) in [6, 6.07) is 0. The summed E-state index contributed by atoms with van der Waals surface area (Å²) in [7, 11) is 0. The molecule has 126 valence electrons. The molecule has 22 heavy (non-hydrogen) atoms. The number of fused-ring (bicyclic) bond motifs is 1. The molecule has 2 aliphatic carbocycles. The zero-order valence-corrected chi connectivity index (χ0v) is 14.7. The number of aliphatic hydroxyl groups excluding tert-OH is 1. The van der Waals surface area contributed by atoms with Crippen LogP contribution in [0.25, 0.3) is 0 Å². The van der Waals surface area contributed by atoms with Gasteiger partial charge in [-0.2, -0.15) is 0 Å². The Kier molecular flexibility index (Phi) is 4.94. The van der Waals surface area contributed by atoms with E-state index in [1.165, 1.54) is 18.4 Å². The van der Waals surface area contributed by atoms with Gasteiger partial charge in [0.25, 0.3) is 0 Å². The average Bonchev–Trinajstić information content (AvgIpc) is 2.46. The van der Waals surface area contributed by atoms with Gasteiger partial charge < -0.3 is 10.2 Å². The lowest BCUT2D eigenvalue weighted by Crippen LogP contribution is -2.52. The molecule has 2 nitrogen and oxygen atoms in total. The normalized spacial score (nSPS) is 41.6. The molecular formula is C20H34O2. The van der Waals surface area contributed by atoms with Gasteiger partial charge in [0.1, 0.15) is 0 Å². The van der Waals surface area contributed by atoms with Crippen LogP contribution in [-0.4, -0.2) is 22.4 Å². The Morgan fingerprint density at radius 1 is 1.36 bits per heavy atom. The number of rotatable bonds is 5. The quantitative estimate of drug-likeness (QED) is 0.735. The van der Waals surface area contributed by atoms with Crippen LogP contribution in [0.1, 0.15) is 65.7 Å². The molecule has 0 aromatic carbocycles. The van der Waals surface area contributed by atoms with Crippen LogP contribution in [0.5, 0.6) is 0 Å². The van der Waals surface area contributed by atoms with Crippen molar-refractivity contribution in [2.45, 2.75) is 71.3 Å². The number of aliphatic hydroxyl groups is 2. The summed E-state index contributed by atoms with van der Waals surface area (Å²) in [4.78, 5) is 0. The topological polar surface area (TPSA) is 40.5 Å². The SMILES string of the molecule is C=C[C@@](C)(O)CC[C@H]1C(=C)CC[C@@H]2[C@](C)(CO)CCC[C@@]21C. The second-order valence-corrected chi connectivity index (χ2v) is 8.57. The maximum absolute atomic E-state index is 10.3. The van der Waals surface area contributed by atoms with E-state index in [1.54, 1.807) is 6.08 Å². The summed E-state index contributed by atoms with van der Waals surface area (Å²) >= 11 is 0. The van der Waals surface area contributed by atoms with Gasteiger partial charge in [-0.3, -0.25) is 0 Å². The Bertz CT molecular complexity index is 439. The lowest BCUT2D eigenvalue weighted by atomic mass is 9.46. The van der Waals surface area contributed by atoms with E-state index in [-0.39, 0.29) is 17.4 Å². The molecule has 0 aliphatic heterocycles. The standard InChI is InChI=1S/C20H34O2/c1-6-19(4,22)13-10-16-15(2)8-9-17-18(3,14-21)11-7-12-20(16,17)5/h6,16-17,21-22H,1-2,7-14H2,3-5H3/t16-,17+,18-,19+,20+/m0/s1. The summed E-state index contributed by atoms with van der Waals surface area (Å²) in [6.07, 6.45) is 9.10. The minimum atomic E-state index is -0.793. The Morgan fingerprint density at radius 2 is 2.05 bits per heavy atom. The van der Waals surface area contributed by atoms with Crippen LogP contribution < -0.4 is 0 Å². The predicted molar refractivity (Wildman–Crippen MR) is 92.6 cm³/mol. The van der Waals surface area contributed by atoms with E-state index in [9.17, 15) is 10.2 Å². The Hall–Kier alpha value is -0.600. The largest absolute Gasteiger partial charge is 0.396 e. The fourth-order valence-electron chi connectivity index (χ4n) is 5.34. The molecule has 2 heteroatoms. The van der Waals surface area contributed by atoms with Crippen LogP contribution in [0.3, 0.4) is 0 Å². The number of hydrogen-bond donors (Lipinski definition) is 2. The van der Waals surface area contributed by atoms with Crippen molar-refractivity contribution in [3.05, 3.63) is 24.8 Å². The predicted octanol–water partition coefficient (Wildman–Crippen LogP) is 4.47. The van der Waals surface area contributed by atoms with Crippen molar-refractivity contribution in [1.82, 2.24) is 0 Å². The molecule has 2 saturated carbocycles. The monoisotopic (exact) mass is 306 g/mol. The van der Waals surface area contributed by atoms with Crippen molar-refractivity contribution < 1.29 is 10.2 Å². The number of allylic oxidation sites excluding steroid dienone is 1. The second kappa shape index (κ2) is 6.13. The van der Waals surface area contributed by atoms with E-state index < -0.39 is 5.60 Å². The lowest BCUT2D eigenvalue weighted by Gasteiger charge is -2.58. The van der Waals surface area contributed by atoms with Gasteiger partial charge in [0.15, 0.2) is 0 Å². The van der Waals surface area contributed by atoms with Crippen molar-refractivity contribution in [3.8, 4) is 0 Å². The molecule has 2 N–H and O–H groups in total. The molecule has 0 aromatic rings. The highest BCUT2D eigenvalue weighted by Crippen LogP contribution is 2.61. The van der Waals surface area contributed by atoms with E-state index in [2.05, 4.69) is 27.0 Å². The van der Waals surface area contributed by atoms with E-state index in [1.807, 2.05) is 6.92 Å². The molecule has 0 spiro atoms. The molecule has 0 unspecified atom stereocenters. The van der Waals surface area contributed by atoms with Crippen LogP contribution in [0, 0.1) is 22.7 Å². The first-order chi connectivity index (χ1) is 10.2. The highest BCUT2D eigenvalue weighted by molar-refractivity contribution is 5.16. The third-order valence-electron chi connectivity index (χ3n) is 6.88. The fourth-order valence-corrected chi connectivity index (χ4v) is 5.34. The minimum absolute atomic E-state index is 0.0485.